The average Bonchev–Trinajstić information content (AvgIpc) is 2.71. The normalized spacial score (nSPS) is 18.9. The van der Waals surface area contributed by atoms with Crippen molar-refractivity contribution in [2.75, 3.05) is 19.8 Å². The summed E-state index contributed by atoms with van der Waals surface area (Å²) < 4.78 is 11.4. The van der Waals surface area contributed by atoms with Gasteiger partial charge in [0.25, 0.3) is 5.91 Å². The smallest absolute Gasteiger partial charge is 0.323 e. The predicted octanol–water partition coefficient (Wildman–Crippen LogP) is 2.79. The summed E-state index contributed by atoms with van der Waals surface area (Å²) in [5.41, 5.74) is 0.653. The van der Waals surface area contributed by atoms with Gasteiger partial charge in [0.1, 0.15) is 10.9 Å². The number of hydrogen-bond acceptors (Lipinski definition) is 6. The largest absolute Gasteiger partial charge is 0.489 e. The lowest BCUT2D eigenvalue weighted by Gasteiger charge is -2.11. The molecule has 1 amide bonds. The molecule has 0 unspecified atom stereocenters. The van der Waals surface area contributed by atoms with Gasteiger partial charge in [0, 0.05) is 6.42 Å². The zero-order chi connectivity index (χ0) is 17.3. The number of thiocarbonyl (C=S) groups is 1. The molecule has 0 saturated carbocycles. The Hall–Kier alpha value is -1.77. The third kappa shape index (κ3) is 3.50. The number of carbonyl (C=O) groups excluding carboxylic acids is 1. The van der Waals surface area contributed by atoms with Gasteiger partial charge in [0.2, 0.25) is 0 Å². The molecule has 3 rings (SSSR count). The van der Waals surface area contributed by atoms with E-state index in [2.05, 4.69) is 0 Å². The SMILES string of the molecule is O=C(O)CN1C(=O)/C(=C\c2cc(Cl)c3c(c2)OCCCO3)SC1=S. The van der Waals surface area contributed by atoms with Crippen LogP contribution in [0.5, 0.6) is 11.5 Å². The van der Waals surface area contributed by atoms with Gasteiger partial charge in [0.05, 0.1) is 23.1 Å². The van der Waals surface area contributed by atoms with E-state index in [1.807, 2.05) is 0 Å². The summed E-state index contributed by atoms with van der Waals surface area (Å²) in [4.78, 5) is 24.5. The van der Waals surface area contributed by atoms with E-state index in [0.717, 1.165) is 23.1 Å². The highest BCUT2D eigenvalue weighted by molar-refractivity contribution is 8.26. The second-order valence-electron chi connectivity index (χ2n) is 5.04. The highest BCUT2D eigenvalue weighted by Crippen LogP contribution is 2.40. The number of carboxylic acid groups (broad SMARTS) is 1. The lowest BCUT2D eigenvalue weighted by atomic mass is 10.2. The Labute approximate surface area is 152 Å². The van der Waals surface area contributed by atoms with Gasteiger partial charge < -0.3 is 14.6 Å². The number of ether oxygens (including phenoxy) is 2. The second-order valence-corrected chi connectivity index (χ2v) is 7.13. The van der Waals surface area contributed by atoms with Gasteiger partial charge in [-0.15, -0.1) is 0 Å². The molecule has 24 heavy (non-hydrogen) atoms. The zero-order valence-corrected chi connectivity index (χ0v) is 14.7. The van der Waals surface area contributed by atoms with Crippen LogP contribution >= 0.6 is 35.6 Å². The van der Waals surface area contributed by atoms with E-state index in [0.29, 0.717) is 40.2 Å². The first-order chi connectivity index (χ1) is 11.5. The van der Waals surface area contributed by atoms with Crippen LogP contribution in [0.15, 0.2) is 17.0 Å². The Kier molecular flexibility index (Phi) is 4.98. The number of nitrogens with zero attached hydrogens (tertiary/aromatic N) is 1. The molecule has 9 heteroatoms. The Morgan fingerprint density at radius 1 is 1.42 bits per heavy atom. The van der Waals surface area contributed by atoms with Gasteiger partial charge >= 0.3 is 5.97 Å². The minimum absolute atomic E-state index is 0.217. The molecule has 1 saturated heterocycles. The van der Waals surface area contributed by atoms with Gasteiger partial charge in [-0.3, -0.25) is 14.5 Å². The Bertz CT molecular complexity index is 764. The molecule has 1 aromatic carbocycles. The first kappa shape index (κ1) is 17.1. The van der Waals surface area contributed by atoms with Crippen LogP contribution in [0.2, 0.25) is 5.02 Å². The fraction of sp³-hybridized carbons (Fsp3) is 0.267. The first-order valence-corrected chi connectivity index (χ1v) is 8.62. The number of benzene rings is 1. The number of carboxylic acids is 1. The minimum atomic E-state index is -1.12. The average molecular weight is 386 g/mol. The van der Waals surface area contributed by atoms with Crippen LogP contribution in [0.1, 0.15) is 12.0 Å². The highest BCUT2D eigenvalue weighted by Gasteiger charge is 2.33. The number of aliphatic carboxylic acids is 1. The lowest BCUT2D eigenvalue weighted by Crippen LogP contribution is -2.33. The number of hydrogen-bond donors (Lipinski definition) is 1. The maximum atomic E-state index is 12.3. The molecular formula is C15H12ClNO5S2. The van der Waals surface area contributed by atoms with Crippen LogP contribution in [0, 0.1) is 0 Å². The van der Waals surface area contributed by atoms with Crippen molar-refractivity contribution < 1.29 is 24.2 Å². The van der Waals surface area contributed by atoms with E-state index in [1.165, 1.54) is 0 Å². The van der Waals surface area contributed by atoms with Crippen molar-refractivity contribution in [1.29, 1.82) is 0 Å². The van der Waals surface area contributed by atoms with Crippen molar-refractivity contribution in [3.8, 4) is 11.5 Å². The molecule has 0 spiro atoms. The fourth-order valence-corrected chi connectivity index (χ4v) is 3.79. The first-order valence-electron chi connectivity index (χ1n) is 7.02. The van der Waals surface area contributed by atoms with E-state index in [-0.39, 0.29) is 4.32 Å². The lowest BCUT2D eigenvalue weighted by molar-refractivity contribution is -0.140. The number of amides is 1. The molecule has 2 heterocycles. The van der Waals surface area contributed by atoms with Crippen molar-refractivity contribution in [3.05, 3.63) is 27.6 Å². The molecule has 1 aromatic rings. The van der Waals surface area contributed by atoms with E-state index < -0.39 is 18.4 Å². The third-order valence-electron chi connectivity index (χ3n) is 3.29. The zero-order valence-electron chi connectivity index (χ0n) is 12.3. The molecule has 126 valence electrons. The molecule has 0 bridgehead atoms. The van der Waals surface area contributed by atoms with Crippen LogP contribution < -0.4 is 9.47 Å². The molecule has 2 aliphatic heterocycles. The molecular weight excluding hydrogens is 374 g/mol. The number of fused-ring (bicyclic) bond motifs is 1. The van der Waals surface area contributed by atoms with Crippen molar-refractivity contribution >= 4 is 57.9 Å². The molecule has 1 fully saturated rings. The molecule has 0 aromatic heterocycles. The van der Waals surface area contributed by atoms with Crippen molar-refractivity contribution in [3.63, 3.8) is 0 Å². The molecule has 2 aliphatic rings. The topological polar surface area (TPSA) is 76.1 Å². The number of halogens is 1. The van der Waals surface area contributed by atoms with Crippen LogP contribution in [0.4, 0.5) is 0 Å². The standard InChI is InChI=1S/C15H12ClNO5S2/c16-9-4-8(5-10-13(9)22-3-1-2-21-10)6-11-14(20)17(7-12(18)19)15(23)24-11/h4-6H,1-3,7H2,(H,18,19)/b11-6+. The van der Waals surface area contributed by atoms with Crippen LogP contribution in [0.3, 0.4) is 0 Å². The fourth-order valence-electron chi connectivity index (χ4n) is 2.26. The maximum absolute atomic E-state index is 12.3. The van der Waals surface area contributed by atoms with Gasteiger partial charge in [-0.2, -0.15) is 0 Å². The quantitative estimate of drug-likeness (QED) is 0.633. The summed E-state index contributed by atoms with van der Waals surface area (Å²) in [6.07, 6.45) is 2.37. The molecule has 0 radical (unpaired) electrons. The summed E-state index contributed by atoms with van der Waals surface area (Å²) in [7, 11) is 0. The summed E-state index contributed by atoms with van der Waals surface area (Å²) >= 11 is 12.3. The number of carbonyl (C=O) groups is 2. The predicted molar refractivity (Wildman–Crippen MR) is 94.6 cm³/mol. The summed E-state index contributed by atoms with van der Waals surface area (Å²) in [5, 5.41) is 9.24. The Morgan fingerprint density at radius 2 is 2.17 bits per heavy atom. The second kappa shape index (κ2) is 7.00. The minimum Gasteiger partial charge on any atom is -0.489 e. The Balaban J connectivity index is 1.90. The number of rotatable bonds is 3. The summed E-state index contributed by atoms with van der Waals surface area (Å²) in [5.74, 6) is -0.543. The van der Waals surface area contributed by atoms with Gasteiger partial charge in [-0.1, -0.05) is 35.6 Å². The molecule has 1 N–H and O–H groups in total. The Morgan fingerprint density at radius 3 is 2.92 bits per heavy atom. The van der Waals surface area contributed by atoms with Crippen molar-refractivity contribution in [2.45, 2.75) is 6.42 Å². The monoisotopic (exact) mass is 385 g/mol. The molecule has 6 nitrogen and oxygen atoms in total. The van der Waals surface area contributed by atoms with E-state index in [4.69, 9.17) is 38.4 Å². The van der Waals surface area contributed by atoms with E-state index >= 15 is 0 Å². The maximum Gasteiger partial charge on any atom is 0.323 e. The van der Waals surface area contributed by atoms with Crippen LogP contribution in [0.25, 0.3) is 6.08 Å². The summed E-state index contributed by atoms with van der Waals surface area (Å²) in [6.45, 7) is 0.595. The summed E-state index contributed by atoms with van der Waals surface area (Å²) in [6, 6.07) is 3.40. The van der Waals surface area contributed by atoms with Crippen molar-refractivity contribution in [1.82, 2.24) is 4.90 Å². The molecule has 0 aliphatic carbocycles. The van der Waals surface area contributed by atoms with Crippen LogP contribution in [-0.4, -0.2) is 46.0 Å². The van der Waals surface area contributed by atoms with Crippen molar-refractivity contribution in [2.24, 2.45) is 0 Å². The van der Waals surface area contributed by atoms with Gasteiger partial charge in [-0.25, -0.2) is 0 Å². The van der Waals surface area contributed by atoms with Crippen LogP contribution in [-0.2, 0) is 9.59 Å². The van der Waals surface area contributed by atoms with E-state index in [9.17, 15) is 9.59 Å². The number of thioether (sulfide) groups is 1. The van der Waals surface area contributed by atoms with Gasteiger partial charge in [-0.05, 0) is 23.8 Å². The highest BCUT2D eigenvalue weighted by atomic mass is 35.5. The molecule has 0 atom stereocenters. The van der Waals surface area contributed by atoms with Gasteiger partial charge in [0.15, 0.2) is 11.5 Å². The third-order valence-corrected chi connectivity index (χ3v) is 4.95. The van der Waals surface area contributed by atoms with E-state index in [1.54, 1.807) is 18.2 Å².